The Kier molecular flexibility index (Phi) is 6.92. The van der Waals surface area contributed by atoms with Crippen LogP contribution in [0.2, 0.25) is 0 Å². The first-order valence-corrected chi connectivity index (χ1v) is 11.2. The second-order valence-corrected chi connectivity index (χ2v) is 8.47. The van der Waals surface area contributed by atoms with Crippen LogP contribution in [0.3, 0.4) is 0 Å². The van der Waals surface area contributed by atoms with E-state index in [2.05, 4.69) is 16.6 Å². The van der Waals surface area contributed by atoms with E-state index < -0.39 is 18.0 Å². The van der Waals surface area contributed by atoms with Crippen LogP contribution < -0.4 is 4.74 Å². The minimum atomic E-state index is -4.73. The summed E-state index contributed by atoms with van der Waals surface area (Å²) in [6.45, 7) is 1.98. The van der Waals surface area contributed by atoms with Crippen LogP contribution in [0.1, 0.15) is 59.1 Å². The van der Waals surface area contributed by atoms with Gasteiger partial charge in [0.05, 0.1) is 0 Å². The molecule has 1 aliphatic carbocycles. The zero-order chi connectivity index (χ0) is 24.3. The quantitative estimate of drug-likeness (QED) is 0.284. The first-order chi connectivity index (χ1) is 16.2. The van der Waals surface area contributed by atoms with Gasteiger partial charge in [0.2, 0.25) is 0 Å². The molecule has 6 heteroatoms. The highest BCUT2D eigenvalue weighted by atomic mass is 19.4. The highest BCUT2D eigenvalue weighted by molar-refractivity contribution is 5.48. The molecule has 0 heterocycles. The highest BCUT2D eigenvalue weighted by Crippen LogP contribution is 2.36. The Balaban J connectivity index is 1.47. The molecule has 0 N–H and O–H groups in total. The number of fused-ring (bicyclic) bond motifs is 1. The van der Waals surface area contributed by atoms with Crippen LogP contribution in [0.4, 0.5) is 22.0 Å². The standard InChI is InChI=1S/C28H23F5O/c1-2-3-20-15-25(29)27(26(30)16-20)23-11-10-21-14-19(6-9-22(21)17-23)5-4-18-7-12-24(13-8-18)34-28(31,32)33/h6-9,12-16,23H,2-3,10-11,17H2,1H3. The van der Waals surface area contributed by atoms with Gasteiger partial charge in [-0.15, -0.1) is 13.2 Å². The number of hydrogen-bond donors (Lipinski definition) is 0. The van der Waals surface area contributed by atoms with Crippen LogP contribution in [0.25, 0.3) is 0 Å². The van der Waals surface area contributed by atoms with Gasteiger partial charge in [0.15, 0.2) is 0 Å². The predicted molar refractivity (Wildman–Crippen MR) is 121 cm³/mol. The molecular formula is C28H23F5O. The van der Waals surface area contributed by atoms with Gasteiger partial charge in [-0.2, -0.15) is 0 Å². The van der Waals surface area contributed by atoms with Gasteiger partial charge in [0.1, 0.15) is 17.4 Å². The van der Waals surface area contributed by atoms with E-state index in [1.165, 1.54) is 36.4 Å². The number of aryl methyl sites for hydroxylation is 2. The fraction of sp³-hybridized carbons (Fsp3) is 0.286. The van der Waals surface area contributed by atoms with Crippen LogP contribution >= 0.6 is 0 Å². The Morgan fingerprint density at radius 1 is 0.882 bits per heavy atom. The van der Waals surface area contributed by atoms with Gasteiger partial charge in [-0.05, 0) is 96.8 Å². The van der Waals surface area contributed by atoms with E-state index in [0.717, 1.165) is 23.1 Å². The molecule has 0 saturated heterocycles. The first-order valence-electron chi connectivity index (χ1n) is 11.2. The molecule has 0 bridgehead atoms. The lowest BCUT2D eigenvalue weighted by Gasteiger charge is -2.26. The van der Waals surface area contributed by atoms with Crippen LogP contribution in [0, 0.1) is 23.5 Å². The van der Waals surface area contributed by atoms with Gasteiger partial charge in [0, 0.05) is 16.7 Å². The molecule has 3 aromatic carbocycles. The molecule has 1 nitrogen and oxygen atoms in total. The molecule has 0 saturated carbocycles. The van der Waals surface area contributed by atoms with Crippen molar-refractivity contribution in [3.8, 4) is 17.6 Å². The lowest BCUT2D eigenvalue weighted by atomic mass is 9.79. The number of rotatable bonds is 4. The van der Waals surface area contributed by atoms with Crippen molar-refractivity contribution in [2.75, 3.05) is 0 Å². The topological polar surface area (TPSA) is 9.23 Å². The van der Waals surface area contributed by atoms with Gasteiger partial charge in [-0.25, -0.2) is 8.78 Å². The molecule has 34 heavy (non-hydrogen) atoms. The zero-order valence-electron chi connectivity index (χ0n) is 18.6. The summed E-state index contributed by atoms with van der Waals surface area (Å²) in [5, 5.41) is 0. The summed E-state index contributed by atoms with van der Waals surface area (Å²) >= 11 is 0. The first kappa shape index (κ1) is 23.8. The minimum Gasteiger partial charge on any atom is -0.406 e. The summed E-state index contributed by atoms with van der Waals surface area (Å²) in [6, 6.07) is 14.0. The van der Waals surface area contributed by atoms with Crippen molar-refractivity contribution in [2.24, 2.45) is 0 Å². The Morgan fingerprint density at radius 3 is 2.18 bits per heavy atom. The third-order valence-electron chi connectivity index (χ3n) is 5.96. The molecule has 4 rings (SSSR count). The third-order valence-corrected chi connectivity index (χ3v) is 5.96. The second kappa shape index (κ2) is 9.89. The average Bonchev–Trinajstić information content (AvgIpc) is 2.77. The molecule has 176 valence electrons. The van der Waals surface area contributed by atoms with Gasteiger partial charge in [-0.1, -0.05) is 31.3 Å². The molecule has 0 spiro atoms. The maximum absolute atomic E-state index is 14.7. The monoisotopic (exact) mass is 470 g/mol. The van der Waals surface area contributed by atoms with Crippen molar-refractivity contribution in [1.82, 2.24) is 0 Å². The molecule has 1 unspecified atom stereocenters. The van der Waals surface area contributed by atoms with Crippen molar-refractivity contribution in [3.05, 3.63) is 99.6 Å². The molecule has 0 aromatic heterocycles. The molecule has 0 amide bonds. The van der Waals surface area contributed by atoms with E-state index in [0.29, 0.717) is 36.8 Å². The molecule has 3 aromatic rings. The number of halogens is 5. The molecule has 0 radical (unpaired) electrons. The largest absolute Gasteiger partial charge is 0.573 e. The summed E-state index contributed by atoms with van der Waals surface area (Å²) < 4.78 is 70.1. The Labute approximate surface area is 195 Å². The Bertz CT molecular complexity index is 1210. The summed E-state index contributed by atoms with van der Waals surface area (Å²) in [7, 11) is 0. The summed E-state index contributed by atoms with van der Waals surface area (Å²) in [5.74, 6) is 4.52. The fourth-order valence-electron chi connectivity index (χ4n) is 4.42. The Hall–Kier alpha value is -3.33. The average molecular weight is 470 g/mol. The molecule has 1 atom stereocenters. The van der Waals surface area contributed by atoms with Crippen molar-refractivity contribution in [1.29, 1.82) is 0 Å². The van der Waals surface area contributed by atoms with E-state index in [9.17, 15) is 22.0 Å². The van der Waals surface area contributed by atoms with Crippen molar-refractivity contribution in [2.45, 2.75) is 51.3 Å². The van der Waals surface area contributed by atoms with Crippen molar-refractivity contribution in [3.63, 3.8) is 0 Å². The number of ether oxygens (including phenoxy) is 1. The summed E-state index contributed by atoms with van der Waals surface area (Å²) in [6.07, 6.45) is -1.36. The van der Waals surface area contributed by atoms with Gasteiger partial charge in [-0.3, -0.25) is 0 Å². The fourth-order valence-corrected chi connectivity index (χ4v) is 4.42. The highest BCUT2D eigenvalue weighted by Gasteiger charge is 2.31. The lowest BCUT2D eigenvalue weighted by molar-refractivity contribution is -0.274. The summed E-state index contributed by atoms with van der Waals surface area (Å²) in [4.78, 5) is 0. The molecule has 0 aliphatic heterocycles. The lowest BCUT2D eigenvalue weighted by Crippen LogP contribution is -2.16. The summed E-state index contributed by atoms with van der Waals surface area (Å²) in [5.41, 5.74) is 4.33. The predicted octanol–water partition coefficient (Wildman–Crippen LogP) is 7.49. The smallest absolute Gasteiger partial charge is 0.406 e. The van der Waals surface area contributed by atoms with Crippen LogP contribution in [-0.2, 0) is 19.3 Å². The van der Waals surface area contributed by atoms with E-state index in [1.807, 2.05) is 25.1 Å². The molecule has 1 aliphatic rings. The SMILES string of the molecule is CCCc1cc(F)c(C2CCc3cc(C#Cc4ccc(OC(F)(F)F)cc4)ccc3C2)c(F)c1. The number of hydrogen-bond acceptors (Lipinski definition) is 1. The van der Waals surface area contributed by atoms with E-state index in [4.69, 9.17) is 0 Å². The van der Waals surface area contributed by atoms with Gasteiger partial charge < -0.3 is 4.74 Å². The maximum Gasteiger partial charge on any atom is 0.573 e. The van der Waals surface area contributed by atoms with Crippen molar-refractivity contribution >= 4 is 0 Å². The molecular weight excluding hydrogens is 447 g/mol. The minimum absolute atomic E-state index is 0.173. The van der Waals surface area contributed by atoms with Crippen LogP contribution in [-0.4, -0.2) is 6.36 Å². The van der Waals surface area contributed by atoms with Crippen LogP contribution in [0.5, 0.6) is 5.75 Å². The van der Waals surface area contributed by atoms with Crippen LogP contribution in [0.15, 0.2) is 54.6 Å². The van der Waals surface area contributed by atoms with Gasteiger partial charge >= 0.3 is 6.36 Å². The van der Waals surface area contributed by atoms with Gasteiger partial charge in [0.25, 0.3) is 0 Å². The number of benzene rings is 3. The van der Waals surface area contributed by atoms with Crippen molar-refractivity contribution < 1.29 is 26.7 Å². The van der Waals surface area contributed by atoms with E-state index >= 15 is 0 Å². The molecule has 0 fully saturated rings. The number of alkyl halides is 3. The second-order valence-electron chi connectivity index (χ2n) is 8.47. The normalized spacial score (nSPS) is 15.3. The third kappa shape index (κ3) is 5.77. The van der Waals surface area contributed by atoms with E-state index in [1.54, 1.807) is 0 Å². The zero-order valence-corrected chi connectivity index (χ0v) is 18.6. The maximum atomic E-state index is 14.7. The van der Waals surface area contributed by atoms with E-state index in [-0.39, 0.29) is 17.2 Å². The Morgan fingerprint density at radius 2 is 1.53 bits per heavy atom.